The predicted molar refractivity (Wildman–Crippen MR) is 57.9 cm³/mol. The Labute approximate surface area is 87.1 Å². The molecule has 0 radical (unpaired) electrons. The molecule has 0 spiro atoms. The fourth-order valence-electron chi connectivity index (χ4n) is 1.71. The van der Waals surface area contributed by atoms with E-state index in [9.17, 15) is 4.79 Å². The van der Waals surface area contributed by atoms with Crippen molar-refractivity contribution in [2.45, 2.75) is 52.6 Å². The van der Waals surface area contributed by atoms with Gasteiger partial charge in [-0.3, -0.25) is 9.69 Å². The van der Waals surface area contributed by atoms with Gasteiger partial charge in [-0.2, -0.15) is 0 Å². The van der Waals surface area contributed by atoms with E-state index < -0.39 is 0 Å². The molecule has 0 saturated carbocycles. The van der Waals surface area contributed by atoms with Gasteiger partial charge in [-0.05, 0) is 34.6 Å². The summed E-state index contributed by atoms with van der Waals surface area (Å²) in [4.78, 5) is 15.9. The van der Waals surface area contributed by atoms with Crippen molar-refractivity contribution in [1.29, 1.82) is 0 Å². The first-order valence-corrected chi connectivity index (χ1v) is 5.37. The van der Waals surface area contributed by atoms with Crippen molar-refractivity contribution >= 4 is 5.91 Å². The molecule has 0 aromatic heterocycles. The first-order valence-electron chi connectivity index (χ1n) is 5.37. The van der Waals surface area contributed by atoms with Crippen LogP contribution in [-0.4, -0.2) is 40.5 Å². The Bertz CT molecular complexity index is 218. The fraction of sp³-hybridized carbons (Fsp3) is 0.909. The Morgan fingerprint density at radius 1 is 1.29 bits per heavy atom. The topological polar surface area (TPSA) is 23.6 Å². The number of rotatable bonds is 1. The second-order valence-corrected chi connectivity index (χ2v) is 5.28. The molecule has 1 aliphatic heterocycles. The van der Waals surface area contributed by atoms with Gasteiger partial charge in [0.15, 0.2) is 0 Å². The maximum atomic E-state index is 11.6. The molecule has 1 aliphatic rings. The number of carbonyl (C=O) groups excluding carboxylic acids is 1. The Balaban J connectivity index is 2.67. The summed E-state index contributed by atoms with van der Waals surface area (Å²) in [6.07, 6.45) is 0.662. The van der Waals surface area contributed by atoms with Crippen molar-refractivity contribution < 1.29 is 4.79 Å². The van der Waals surface area contributed by atoms with Gasteiger partial charge >= 0.3 is 0 Å². The highest BCUT2D eigenvalue weighted by Gasteiger charge is 2.31. The zero-order chi connectivity index (χ0) is 10.9. The van der Waals surface area contributed by atoms with Gasteiger partial charge < -0.3 is 4.90 Å². The molecule has 82 valence electrons. The SMILES string of the molecule is CC(C)N1CN(C(C)(C)C)CCC1=O. The molecule has 1 amide bonds. The first-order chi connectivity index (χ1) is 6.32. The molecule has 1 rings (SSSR count). The van der Waals surface area contributed by atoms with E-state index in [2.05, 4.69) is 39.5 Å². The van der Waals surface area contributed by atoms with Gasteiger partial charge in [0, 0.05) is 24.5 Å². The second kappa shape index (κ2) is 3.89. The Kier molecular flexibility index (Phi) is 3.20. The van der Waals surface area contributed by atoms with Crippen LogP contribution < -0.4 is 0 Å². The molecule has 0 atom stereocenters. The Morgan fingerprint density at radius 3 is 2.29 bits per heavy atom. The summed E-state index contributed by atoms with van der Waals surface area (Å²) in [5.74, 6) is 0.292. The average molecular weight is 198 g/mol. The summed E-state index contributed by atoms with van der Waals surface area (Å²) in [5.41, 5.74) is 0.161. The van der Waals surface area contributed by atoms with Crippen molar-refractivity contribution in [2.75, 3.05) is 13.2 Å². The first kappa shape index (κ1) is 11.5. The molecule has 0 aromatic carbocycles. The van der Waals surface area contributed by atoms with E-state index in [1.165, 1.54) is 0 Å². The molecule has 14 heavy (non-hydrogen) atoms. The monoisotopic (exact) mass is 198 g/mol. The molecule has 0 unspecified atom stereocenters. The molecular weight excluding hydrogens is 176 g/mol. The predicted octanol–water partition coefficient (Wildman–Crippen LogP) is 1.69. The van der Waals surface area contributed by atoms with Crippen molar-refractivity contribution in [1.82, 2.24) is 9.80 Å². The van der Waals surface area contributed by atoms with E-state index in [4.69, 9.17) is 0 Å². The largest absolute Gasteiger partial charge is 0.327 e. The van der Waals surface area contributed by atoms with Gasteiger partial charge in [0.1, 0.15) is 0 Å². The lowest BCUT2D eigenvalue weighted by Gasteiger charge is -2.44. The molecule has 1 saturated heterocycles. The standard InChI is InChI=1S/C11H22N2O/c1-9(2)13-8-12(11(3,4)5)7-6-10(13)14/h9H,6-8H2,1-5H3. The van der Waals surface area contributed by atoms with Crippen LogP contribution in [0.15, 0.2) is 0 Å². The van der Waals surface area contributed by atoms with E-state index in [0.29, 0.717) is 18.4 Å². The fourth-order valence-corrected chi connectivity index (χ4v) is 1.71. The molecule has 1 heterocycles. The maximum Gasteiger partial charge on any atom is 0.225 e. The summed E-state index contributed by atoms with van der Waals surface area (Å²) in [5, 5.41) is 0. The average Bonchev–Trinajstić information content (AvgIpc) is 2.02. The van der Waals surface area contributed by atoms with E-state index in [1.54, 1.807) is 0 Å². The van der Waals surface area contributed by atoms with Gasteiger partial charge in [-0.25, -0.2) is 0 Å². The summed E-state index contributed by atoms with van der Waals surface area (Å²) in [6, 6.07) is 0.313. The number of hydrogen-bond acceptors (Lipinski definition) is 2. The quantitative estimate of drug-likeness (QED) is 0.640. The van der Waals surface area contributed by atoms with E-state index in [-0.39, 0.29) is 5.54 Å². The molecule has 0 N–H and O–H groups in total. The van der Waals surface area contributed by atoms with Crippen molar-refractivity contribution in [3.63, 3.8) is 0 Å². The van der Waals surface area contributed by atoms with Crippen molar-refractivity contribution in [3.05, 3.63) is 0 Å². The number of carbonyl (C=O) groups is 1. The highest BCUT2D eigenvalue weighted by Crippen LogP contribution is 2.19. The lowest BCUT2D eigenvalue weighted by Crippen LogP contribution is -2.56. The summed E-state index contributed by atoms with van der Waals surface area (Å²) >= 11 is 0. The van der Waals surface area contributed by atoms with Gasteiger partial charge in [-0.1, -0.05) is 0 Å². The van der Waals surface area contributed by atoms with Crippen LogP contribution in [0.1, 0.15) is 41.0 Å². The number of hydrogen-bond donors (Lipinski definition) is 0. The lowest BCUT2D eigenvalue weighted by atomic mass is 10.0. The van der Waals surface area contributed by atoms with Crippen LogP contribution >= 0.6 is 0 Å². The summed E-state index contributed by atoms with van der Waals surface area (Å²) in [6.45, 7) is 12.4. The molecule has 1 fully saturated rings. The third-order valence-electron chi connectivity index (χ3n) is 2.81. The van der Waals surface area contributed by atoms with Crippen LogP contribution in [0.5, 0.6) is 0 Å². The normalized spacial score (nSPS) is 20.7. The molecule has 3 nitrogen and oxygen atoms in total. The highest BCUT2D eigenvalue weighted by atomic mass is 16.2. The van der Waals surface area contributed by atoms with Crippen LogP contribution in [0.2, 0.25) is 0 Å². The zero-order valence-corrected chi connectivity index (χ0v) is 10.0. The van der Waals surface area contributed by atoms with Crippen LogP contribution in [0.25, 0.3) is 0 Å². The van der Waals surface area contributed by atoms with Crippen molar-refractivity contribution in [2.24, 2.45) is 0 Å². The Hall–Kier alpha value is -0.570. The minimum atomic E-state index is 0.161. The van der Waals surface area contributed by atoms with Crippen LogP contribution in [0.4, 0.5) is 0 Å². The van der Waals surface area contributed by atoms with Gasteiger partial charge in [-0.15, -0.1) is 0 Å². The molecule has 0 aliphatic carbocycles. The summed E-state index contributed by atoms with van der Waals surface area (Å²) in [7, 11) is 0. The molecular formula is C11H22N2O. The van der Waals surface area contributed by atoms with Gasteiger partial charge in [0.05, 0.1) is 6.67 Å². The minimum Gasteiger partial charge on any atom is -0.327 e. The third kappa shape index (κ3) is 2.47. The van der Waals surface area contributed by atoms with Crippen LogP contribution in [-0.2, 0) is 4.79 Å². The zero-order valence-electron chi connectivity index (χ0n) is 10.0. The van der Waals surface area contributed by atoms with Gasteiger partial charge in [0.25, 0.3) is 0 Å². The van der Waals surface area contributed by atoms with Gasteiger partial charge in [0.2, 0.25) is 5.91 Å². The number of amides is 1. The van der Waals surface area contributed by atoms with Crippen LogP contribution in [0, 0.1) is 0 Å². The van der Waals surface area contributed by atoms with E-state index in [0.717, 1.165) is 13.2 Å². The second-order valence-electron chi connectivity index (χ2n) is 5.28. The third-order valence-corrected chi connectivity index (χ3v) is 2.81. The molecule has 0 aromatic rings. The minimum absolute atomic E-state index is 0.161. The molecule has 0 bridgehead atoms. The Morgan fingerprint density at radius 2 is 1.86 bits per heavy atom. The number of nitrogens with zero attached hydrogens (tertiary/aromatic N) is 2. The highest BCUT2D eigenvalue weighted by molar-refractivity contribution is 5.77. The van der Waals surface area contributed by atoms with E-state index >= 15 is 0 Å². The van der Waals surface area contributed by atoms with Crippen molar-refractivity contribution in [3.8, 4) is 0 Å². The smallest absolute Gasteiger partial charge is 0.225 e. The lowest BCUT2D eigenvalue weighted by molar-refractivity contribution is -0.142. The van der Waals surface area contributed by atoms with Crippen LogP contribution in [0.3, 0.4) is 0 Å². The maximum absolute atomic E-state index is 11.6. The van der Waals surface area contributed by atoms with E-state index in [1.807, 2.05) is 4.90 Å². The summed E-state index contributed by atoms with van der Waals surface area (Å²) < 4.78 is 0. The molecule has 3 heteroatoms.